The summed E-state index contributed by atoms with van der Waals surface area (Å²) >= 11 is 0. The molecule has 0 radical (unpaired) electrons. The van der Waals surface area contributed by atoms with Gasteiger partial charge in [0.15, 0.2) is 6.66 Å². The van der Waals surface area contributed by atoms with Crippen LogP contribution < -0.4 is 0 Å². The molecular formula is C10H11F3O5PS+. The molecule has 0 saturated carbocycles. The summed E-state index contributed by atoms with van der Waals surface area (Å²) in [5, 5.41) is 0. The molecule has 112 valence electrons. The summed E-state index contributed by atoms with van der Waals surface area (Å²) in [5.74, 6) is 0. The van der Waals surface area contributed by atoms with Gasteiger partial charge >= 0.3 is 24.3 Å². The van der Waals surface area contributed by atoms with E-state index in [2.05, 4.69) is 9.01 Å². The summed E-state index contributed by atoms with van der Waals surface area (Å²) in [4.78, 5) is -1.02. The second kappa shape index (κ2) is 6.17. The van der Waals surface area contributed by atoms with Crippen molar-refractivity contribution in [1.29, 1.82) is 0 Å². The smallest absolute Gasteiger partial charge is 0.191 e. The lowest BCUT2D eigenvalue weighted by atomic mass is 10.1. The van der Waals surface area contributed by atoms with Crippen molar-refractivity contribution in [2.24, 2.45) is 0 Å². The minimum Gasteiger partial charge on any atom is -0.191 e. The second-order valence-electron chi connectivity index (χ2n) is 3.68. The maximum absolute atomic E-state index is 12.9. The van der Waals surface area contributed by atoms with Gasteiger partial charge in [0.25, 0.3) is 0 Å². The summed E-state index contributed by atoms with van der Waals surface area (Å²) < 4.78 is 80.8. The molecule has 0 spiro atoms. The van der Waals surface area contributed by atoms with Crippen molar-refractivity contribution in [3.63, 3.8) is 0 Å². The Bertz CT molecular complexity index is 612. The van der Waals surface area contributed by atoms with Crippen LogP contribution in [0.3, 0.4) is 0 Å². The highest BCUT2D eigenvalue weighted by atomic mass is 32.2. The van der Waals surface area contributed by atoms with E-state index in [1.54, 1.807) is 0 Å². The van der Waals surface area contributed by atoms with Crippen LogP contribution in [0, 0.1) is 0 Å². The summed E-state index contributed by atoms with van der Waals surface area (Å²) in [6.07, 6.45) is -4.83. The van der Waals surface area contributed by atoms with Crippen molar-refractivity contribution in [2.75, 3.05) is 6.66 Å². The van der Waals surface area contributed by atoms with Crippen LogP contribution in [0.25, 0.3) is 0 Å². The van der Waals surface area contributed by atoms with Gasteiger partial charge in [0, 0.05) is 4.67 Å². The Hall–Kier alpha value is -1.02. The first-order valence-electron chi connectivity index (χ1n) is 5.30. The average Bonchev–Trinajstić information content (AvgIpc) is 2.34. The van der Waals surface area contributed by atoms with E-state index in [0.29, 0.717) is 6.07 Å². The zero-order valence-electron chi connectivity index (χ0n) is 10.5. The molecule has 1 aromatic carbocycles. The predicted octanol–water partition coefficient (Wildman–Crippen LogP) is 3.28. The zero-order chi connectivity index (χ0) is 15.6. The van der Waals surface area contributed by atoms with E-state index in [-0.39, 0.29) is 12.0 Å². The number of alkyl halides is 3. The molecule has 5 nitrogen and oxygen atoms in total. The van der Waals surface area contributed by atoms with Gasteiger partial charge in [0.05, 0.1) is 5.56 Å². The van der Waals surface area contributed by atoms with Crippen LogP contribution in [0.1, 0.15) is 18.1 Å². The molecule has 0 bridgehead atoms. The first-order chi connectivity index (χ1) is 9.09. The average molecular weight is 331 g/mol. The SMILES string of the molecule is CCc1cccc(C(F)(F)F)c1S(=O)(=O)OO[P+](C)=O. The number of aryl methyl sites for hydroxylation is 1. The number of halogens is 3. The maximum Gasteiger partial charge on any atom is 0.537 e. The van der Waals surface area contributed by atoms with E-state index in [1.807, 2.05) is 0 Å². The summed E-state index contributed by atoms with van der Waals surface area (Å²) in [6.45, 7) is 2.50. The molecule has 1 atom stereocenters. The molecule has 10 heteroatoms. The van der Waals surface area contributed by atoms with Crippen molar-refractivity contribution in [2.45, 2.75) is 24.4 Å². The fourth-order valence-electron chi connectivity index (χ4n) is 1.50. The van der Waals surface area contributed by atoms with E-state index >= 15 is 0 Å². The number of rotatable bonds is 5. The molecule has 0 N–H and O–H groups in total. The van der Waals surface area contributed by atoms with Crippen molar-refractivity contribution in [3.8, 4) is 0 Å². The highest BCUT2D eigenvalue weighted by Gasteiger charge is 2.40. The summed E-state index contributed by atoms with van der Waals surface area (Å²) in [5.41, 5.74) is -1.43. The molecule has 0 saturated heterocycles. The lowest BCUT2D eigenvalue weighted by Gasteiger charge is -2.14. The Morgan fingerprint density at radius 1 is 1.30 bits per heavy atom. The minimum absolute atomic E-state index is 0.0418. The Morgan fingerprint density at radius 3 is 2.35 bits per heavy atom. The maximum atomic E-state index is 12.9. The summed E-state index contributed by atoms with van der Waals surface area (Å²) in [6, 6.07) is 2.96. The van der Waals surface area contributed by atoms with Crippen LogP contribution in [0.15, 0.2) is 23.1 Å². The fourth-order valence-corrected chi connectivity index (χ4v) is 3.22. The van der Waals surface area contributed by atoms with Crippen LogP contribution in [-0.2, 0) is 36.3 Å². The zero-order valence-corrected chi connectivity index (χ0v) is 12.2. The van der Waals surface area contributed by atoms with Crippen molar-refractivity contribution in [1.82, 2.24) is 0 Å². The highest BCUT2D eigenvalue weighted by molar-refractivity contribution is 7.86. The molecule has 0 heterocycles. The monoisotopic (exact) mass is 331 g/mol. The molecule has 0 aliphatic carbocycles. The van der Waals surface area contributed by atoms with E-state index in [0.717, 1.165) is 12.7 Å². The molecule has 1 rings (SSSR count). The number of hydrogen-bond acceptors (Lipinski definition) is 5. The molecular weight excluding hydrogens is 320 g/mol. The molecule has 1 aromatic rings. The Labute approximate surface area is 114 Å². The quantitative estimate of drug-likeness (QED) is 0.470. The van der Waals surface area contributed by atoms with E-state index < -0.39 is 34.8 Å². The lowest BCUT2D eigenvalue weighted by molar-refractivity contribution is -0.140. The number of benzene rings is 1. The normalized spacial score (nSPS) is 13.3. The van der Waals surface area contributed by atoms with Gasteiger partial charge in [-0.25, -0.2) is 0 Å². The van der Waals surface area contributed by atoms with Crippen molar-refractivity contribution < 1.29 is 35.2 Å². The Balaban J connectivity index is 3.45. The topological polar surface area (TPSA) is 69.7 Å². The van der Waals surface area contributed by atoms with E-state index in [9.17, 15) is 26.2 Å². The van der Waals surface area contributed by atoms with Gasteiger partial charge in [-0.2, -0.15) is 21.6 Å². The van der Waals surface area contributed by atoms with Crippen LogP contribution in [-0.4, -0.2) is 15.1 Å². The highest BCUT2D eigenvalue weighted by Crippen LogP contribution is 2.37. The van der Waals surface area contributed by atoms with Crippen LogP contribution in [0.2, 0.25) is 0 Å². The second-order valence-corrected chi connectivity index (χ2v) is 6.16. The van der Waals surface area contributed by atoms with Gasteiger partial charge in [-0.1, -0.05) is 23.4 Å². The summed E-state index contributed by atoms with van der Waals surface area (Å²) in [7, 11) is -7.28. The third kappa shape index (κ3) is 3.99. The van der Waals surface area contributed by atoms with E-state index in [4.69, 9.17) is 0 Å². The largest absolute Gasteiger partial charge is 0.537 e. The van der Waals surface area contributed by atoms with Gasteiger partial charge in [-0.05, 0) is 22.6 Å². The molecule has 0 amide bonds. The molecule has 0 aromatic heterocycles. The minimum atomic E-state index is -4.87. The standard InChI is InChI=1S/C10H11F3O5PS/c1-3-7-5-4-6-8(10(11,12)13)9(7)20(15,16)18-17-19(2)14/h4-6H,3H2,1-2H3/q+1. The molecule has 1 unspecified atom stereocenters. The number of hydrogen-bond donors (Lipinski definition) is 0. The third-order valence-corrected chi connectivity index (χ3v) is 3.87. The molecule has 0 fully saturated rings. The fraction of sp³-hybridized carbons (Fsp3) is 0.400. The third-order valence-electron chi connectivity index (χ3n) is 2.26. The van der Waals surface area contributed by atoms with Crippen LogP contribution >= 0.6 is 8.03 Å². The Kier molecular flexibility index (Phi) is 5.26. The molecule has 20 heavy (non-hydrogen) atoms. The lowest BCUT2D eigenvalue weighted by Crippen LogP contribution is -2.17. The van der Waals surface area contributed by atoms with Gasteiger partial charge in [-0.3, -0.25) is 0 Å². The van der Waals surface area contributed by atoms with Crippen LogP contribution in [0.4, 0.5) is 13.2 Å². The van der Waals surface area contributed by atoms with Gasteiger partial charge in [0.2, 0.25) is 0 Å². The molecule has 0 aliphatic heterocycles. The predicted molar refractivity (Wildman–Crippen MR) is 63.7 cm³/mol. The van der Waals surface area contributed by atoms with Gasteiger partial charge < -0.3 is 0 Å². The van der Waals surface area contributed by atoms with Gasteiger partial charge in [0.1, 0.15) is 4.90 Å². The first kappa shape index (κ1) is 17.0. The molecule has 0 aliphatic rings. The van der Waals surface area contributed by atoms with Crippen molar-refractivity contribution in [3.05, 3.63) is 29.3 Å². The van der Waals surface area contributed by atoms with Crippen molar-refractivity contribution >= 4 is 18.1 Å². The first-order valence-corrected chi connectivity index (χ1v) is 8.34. The van der Waals surface area contributed by atoms with Crippen LogP contribution in [0.5, 0.6) is 0 Å². The Morgan fingerprint density at radius 2 is 1.90 bits per heavy atom. The van der Waals surface area contributed by atoms with Gasteiger partial charge in [-0.15, -0.1) is 0 Å². The van der Waals surface area contributed by atoms with E-state index in [1.165, 1.54) is 13.0 Å².